The van der Waals surface area contributed by atoms with Gasteiger partial charge >= 0.3 is 0 Å². The van der Waals surface area contributed by atoms with Gasteiger partial charge in [0.1, 0.15) is 5.54 Å². The van der Waals surface area contributed by atoms with E-state index in [9.17, 15) is 4.79 Å². The van der Waals surface area contributed by atoms with Crippen LogP contribution in [0.1, 0.15) is 30.1 Å². The Morgan fingerprint density at radius 3 is 2.67 bits per heavy atom. The molecule has 1 aromatic carbocycles. The maximum atomic E-state index is 11.3. The molecule has 1 heterocycles. The molecule has 1 fully saturated rings. The predicted octanol–water partition coefficient (Wildman–Crippen LogP) is 1.71. The number of rotatable bonds is 2. The van der Waals surface area contributed by atoms with Crippen molar-refractivity contribution >= 4 is 11.5 Å². The highest BCUT2D eigenvalue weighted by atomic mass is 16.1. The van der Waals surface area contributed by atoms with E-state index >= 15 is 0 Å². The molecule has 1 aromatic rings. The van der Waals surface area contributed by atoms with Gasteiger partial charge in [0.2, 0.25) is 0 Å². The lowest BCUT2D eigenvalue weighted by molar-refractivity contribution is 0.101. The number of carbonyl (C=O) groups excluding carboxylic acids is 1. The van der Waals surface area contributed by atoms with Gasteiger partial charge in [-0.25, -0.2) is 0 Å². The zero-order valence-electron chi connectivity index (χ0n) is 10.5. The Kier molecular flexibility index (Phi) is 3.35. The molecule has 0 bridgehead atoms. The molecule has 1 aliphatic heterocycles. The largest absolute Gasteiger partial charge is 0.371 e. The van der Waals surface area contributed by atoms with Crippen LogP contribution in [0.5, 0.6) is 0 Å². The maximum Gasteiger partial charge on any atom is 0.159 e. The van der Waals surface area contributed by atoms with Crippen molar-refractivity contribution in [3.63, 3.8) is 0 Å². The summed E-state index contributed by atoms with van der Waals surface area (Å²) in [5.41, 5.74) is 7.00. The third-order valence-electron chi connectivity index (χ3n) is 3.50. The summed E-state index contributed by atoms with van der Waals surface area (Å²) in [5, 5.41) is 8.99. The molecular weight excluding hydrogens is 226 g/mol. The first-order valence-electron chi connectivity index (χ1n) is 6.10. The third kappa shape index (κ3) is 2.52. The number of nitrogens with two attached hydrogens (primary N) is 1. The SMILES string of the molecule is CC(=O)c1cccc(N2CCC(N)(C#N)CC2)c1. The van der Waals surface area contributed by atoms with E-state index in [-0.39, 0.29) is 5.78 Å². The molecule has 1 saturated heterocycles. The molecule has 0 atom stereocenters. The summed E-state index contributed by atoms with van der Waals surface area (Å²) in [4.78, 5) is 13.5. The van der Waals surface area contributed by atoms with Crippen molar-refractivity contribution < 1.29 is 4.79 Å². The van der Waals surface area contributed by atoms with Gasteiger partial charge in [0.05, 0.1) is 6.07 Å². The van der Waals surface area contributed by atoms with Gasteiger partial charge in [-0.15, -0.1) is 0 Å². The average Bonchev–Trinajstić information content (AvgIpc) is 2.40. The smallest absolute Gasteiger partial charge is 0.159 e. The highest BCUT2D eigenvalue weighted by Crippen LogP contribution is 2.25. The molecule has 0 spiro atoms. The first kappa shape index (κ1) is 12.6. The van der Waals surface area contributed by atoms with Gasteiger partial charge in [-0.2, -0.15) is 5.26 Å². The van der Waals surface area contributed by atoms with E-state index in [1.807, 2.05) is 24.3 Å². The van der Waals surface area contributed by atoms with Gasteiger partial charge in [0.25, 0.3) is 0 Å². The van der Waals surface area contributed by atoms with Gasteiger partial charge in [-0.3, -0.25) is 4.79 Å². The van der Waals surface area contributed by atoms with Gasteiger partial charge < -0.3 is 10.6 Å². The van der Waals surface area contributed by atoms with E-state index in [0.29, 0.717) is 12.8 Å². The highest BCUT2D eigenvalue weighted by molar-refractivity contribution is 5.94. The third-order valence-corrected chi connectivity index (χ3v) is 3.50. The van der Waals surface area contributed by atoms with Crippen LogP contribution in [0.4, 0.5) is 5.69 Å². The molecule has 2 rings (SSSR count). The molecule has 1 aliphatic rings. The summed E-state index contributed by atoms with van der Waals surface area (Å²) in [6.45, 7) is 3.08. The van der Waals surface area contributed by atoms with Crippen LogP contribution in [-0.4, -0.2) is 24.4 Å². The lowest BCUT2D eigenvalue weighted by Crippen LogP contribution is -2.49. The van der Waals surface area contributed by atoms with Crippen LogP contribution in [0.15, 0.2) is 24.3 Å². The summed E-state index contributed by atoms with van der Waals surface area (Å²) in [5.74, 6) is 0.0686. The number of piperidine rings is 1. The van der Waals surface area contributed by atoms with Crippen LogP contribution in [-0.2, 0) is 0 Å². The van der Waals surface area contributed by atoms with E-state index in [4.69, 9.17) is 11.0 Å². The normalized spacial score (nSPS) is 18.2. The van der Waals surface area contributed by atoms with Crippen LogP contribution < -0.4 is 10.6 Å². The van der Waals surface area contributed by atoms with Crippen molar-refractivity contribution in [2.75, 3.05) is 18.0 Å². The molecule has 0 amide bonds. The zero-order chi connectivity index (χ0) is 13.2. The molecule has 0 unspecified atom stereocenters. The van der Waals surface area contributed by atoms with E-state index in [2.05, 4.69) is 11.0 Å². The number of nitrogens with zero attached hydrogens (tertiary/aromatic N) is 2. The second kappa shape index (κ2) is 4.79. The number of ketones is 1. The number of anilines is 1. The van der Waals surface area contributed by atoms with E-state index in [0.717, 1.165) is 24.3 Å². The Hall–Kier alpha value is -1.86. The van der Waals surface area contributed by atoms with Crippen molar-refractivity contribution in [2.24, 2.45) is 5.73 Å². The van der Waals surface area contributed by atoms with Crippen LogP contribution in [0, 0.1) is 11.3 Å². The molecule has 4 heteroatoms. The Morgan fingerprint density at radius 2 is 2.11 bits per heavy atom. The minimum atomic E-state index is -0.686. The summed E-state index contributed by atoms with van der Waals surface area (Å²) in [7, 11) is 0. The molecule has 0 aromatic heterocycles. The Balaban J connectivity index is 2.13. The predicted molar refractivity (Wildman–Crippen MR) is 70.4 cm³/mol. The topological polar surface area (TPSA) is 70.1 Å². The van der Waals surface area contributed by atoms with Crippen molar-refractivity contribution in [1.82, 2.24) is 0 Å². The number of hydrogen-bond donors (Lipinski definition) is 1. The van der Waals surface area contributed by atoms with E-state index < -0.39 is 5.54 Å². The zero-order valence-corrected chi connectivity index (χ0v) is 10.5. The Bertz CT molecular complexity index is 496. The van der Waals surface area contributed by atoms with Crippen molar-refractivity contribution in [3.05, 3.63) is 29.8 Å². The summed E-state index contributed by atoms with van der Waals surface area (Å²) in [6, 6.07) is 9.78. The molecular formula is C14H17N3O. The van der Waals surface area contributed by atoms with Crippen LogP contribution in [0.3, 0.4) is 0 Å². The van der Waals surface area contributed by atoms with Crippen LogP contribution in [0.25, 0.3) is 0 Å². The molecule has 0 radical (unpaired) electrons. The minimum absolute atomic E-state index is 0.0686. The van der Waals surface area contributed by atoms with Crippen molar-refractivity contribution in [2.45, 2.75) is 25.3 Å². The van der Waals surface area contributed by atoms with Gasteiger partial charge in [-0.05, 0) is 31.9 Å². The number of carbonyl (C=O) groups is 1. The molecule has 2 N–H and O–H groups in total. The average molecular weight is 243 g/mol. The summed E-state index contributed by atoms with van der Waals surface area (Å²) >= 11 is 0. The quantitative estimate of drug-likeness (QED) is 0.803. The number of hydrogen-bond acceptors (Lipinski definition) is 4. The number of Topliss-reactive ketones (excluding diaryl/α,β-unsaturated/α-hetero) is 1. The lowest BCUT2D eigenvalue weighted by atomic mass is 9.90. The summed E-state index contributed by atoms with van der Waals surface area (Å²) < 4.78 is 0. The number of benzene rings is 1. The molecule has 0 aliphatic carbocycles. The highest BCUT2D eigenvalue weighted by Gasteiger charge is 2.30. The Morgan fingerprint density at radius 1 is 1.44 bits per heavy atom. The van der Waals surface area contributed by atoms with Gasteiger partial charge in [-0.1, -0.05) is 12.1 Å². The molecule has 18 heavy (non-hydrogen) atoms. The summed E-state index contributed by atoms with van der Waals surface area (Å²) in [6.07, 6.45) is 1.32. The second-order valence-electron chi connectivity index (χ2n) is 4.86. The van der Waals surface area contributed by atoms with Gasteiger partial charge in [0, 0.05) is 24.3 Å². The van der Waals surface area contributed by atoms with Crippen molar-refractivity contribution in [1.29, 1.82) is 5.26 Å². The number of nitriles is 1. The Labute approximate surface area is 107 Å². The fraction of sp³-hybridized carbons (Fsp3) is 0.429. The monoisotopic (exact) mass is 243 g/mol. The molecule has 94 valence electrons. The van der Waals surface area contributed by atoms with E-state index in [1.54, 1.807) is 6.92 Å². The molecule has 0 saturated carbocycles. The first-order valence-corrected chi connectivity index (χ1v) is 6.10. The van der Waals surface area contributed by atoms with Crippen LogP contribution in [0.2, 0.25) is 0 Å². The van der Waals surface area contributed by atoms with Crippen LogP contribution >= 0.6 is 0 Å². The minimum Gasteiger partial charge on any atom is -0.371 e. The standard InChI is InChI=1S/C14H17N3O/c1-11(18)12-3-2-4-13(9-12)17-7-5-14(16,10-15)6-8-17/h2-4,9H,5-8,16H2,1H3. The maximum absolute atomic E-state index is 11.3. The fourth-order valence-corrected chi connectivity index (χ4v) is 2.20. The van der Waals surface area contributed by atoms with Gasteiger partial charge in [0.15, 0.2) is 5.78 Å². The second-order valence-corrected chi connectivity index (χ2v) is 4.86. The lowest BCUT2D eigenvalue weighted by Gasteiger charge is -2.36. The van der Waals surface area contributed by atoms with E-state index in [1.165, 1.54) is 0 Å². The first-order chi connectivity index (χ1) is 8.54. The van der Waals surface area contributed by atoms with Crippen molar-refractivity contribution in [3.8, 4) is 6.07 Å². The fourth-order valence-electron chi connectivity index (χ4n) is 2.20. The molecule has 4 nitrogen and oxygen atoms in total.